The monoisotopic (exact) mass is 345 g/mol. The van der Waals surface area contributed by atoms with Crippen molar-refractivity contribution in [2.45, 2.75) is 23.6 Å². The molecule has 1 aromatic rings. The molecule has 0 aliphatic carbocycles. The largest absolute Gasteiger partial charge is 0.245 e. The maximum atomic E-state index is 12.4. The SMILES string of the molecule is CC(C)CNS(=O)(=O)c1ccccc1S(=O)(=O)N(C)CC#N. The van der Waals surface area contributed by atoms with Gasteiger partial charge < -0.3 is 0 Å². The molecule has 0 radical (unpaired) electrons. The van der Waals surface area contributed by atoms with Crippen molar-refractivity contribution < 1.29 is 16.8 Å². The Labute approximate surface area is 131 Å². The molecular weight excluding hydrogens is 326 g/mol. The van der Waals surface area contributed by atoms with Crippen LogP contribution < -0.4 is 4.72 Å². The van der Waals surface area contributed by atoms with Gasteiger partial charge >= 0.3 is 0 Å². The summed E-state index contributed by atoms with van der Waals surface area (Å²) in [4.78, 5) is -0.663. The minimum Gasteiger partial charge on any atom is -0.211 e. The average Bonchev–Trinajstić information content (AvgIpc) is 2.45. The van der Waals surface area contributed by atoms with Crippen molar-refractivity contribution in [2.24, 2.45) is 5.92 Å². The van der Waals surface area contributed by atoms with E-state index in [-0.39, 0.29) is 28.8 Å². The molecule has 0 saturated carbocycles. The Balaban J connectivity index is 3.35. The van der Waals surface area contributed by atoms with Gasteiger partial charge in [-0.1, -0.05) is 26.0 Å². The van der Waals surface area contributed by atoms with Gasteiger partial charge in [0.2, 0.25) is 20.0 Å². The van der Waals surface area contributed by atoms with Crippen LogP contribution in [0, 0.1) is 17.2 Å². The number of nitrogens with one attached hydrogen (secondary N) is 1. The number of nitrogens with zero attached hydrogens (tertiary/aromatic N) is 2. The van der Waals surface area contributed by atoms with Crippen molar-refractivity contribution in [2.75, 3.05) is 20.1 Å². The zero-order valence-corrected chi connectivity index (χ0v) is 14.3. The first-order chi connectivity index (χ1) is 10.1. The minimum absolute atomic E-state index is 0.0832. The quantitative estimate of drug-likeness (QED) is 0.734. The second-order valence-electron chi connectivity index (χ2n) is 5.11. The highest BCUT2D eigenvalue weighted by Gasteiger charge is 2.29. The van der Waals surface area contributed by atoms with Crippen molar-refractivity contribution in [3.8, 4) is 6.07 Å². The Bertz CT molecular complexity index is 765. The summed E-state index contributed by atoms with van der Waals surface area (Å²) < 4.78 is 52.7. The van der Waals surface area contributed by atoms with Gasteiger partial charge in [0, 0.05) is 13.6 Å². The van der Waals surface area contributed by atoms with Crippen molar-refractivity contribution in [3.05, 3.63) is 24.3 Å². The fraction of sp³-hybridized carbons (Fsp3) is 0.462. The second-order valence-corrected chi connectivity index (χ2v) is 8.86. The summed E-state index contributed by atoms with van der Waals surface area (Å²) in [5.74, 6) is 0.0832. The van der Waals surface area contributed by atoms with Crippen molar-refractivity contribution in [3.63, 3.8) is 0 Å². The molecule has 0 bridgehead atoms. The van der Waals surface area contributed by atoms with Crippen molar-refractivity contribution in [1.29, 1.82) is 5.26 Å². The van der Waals surface area contributed by atoms with E-state index in [2.05, 4.69) is 4.72 Å². The van der Waals surface area contributed by atoms with E-state index in [1.807, 2.05) is 13.8 Å². The van der Waals surface area contributed by atoms with Gasteiger partial charge in [0.1, 0.15) is 16.3 Å². The maximum Gasteiger partial charge on any atom is 0.245 e. The molecule has 0 saturated heterocycles. The summed E-state index contributed by atoms with van der Waals surface area (Å²) in [5.41, 5.74) is 0. The predicted molar refractivity (Wildman–Crippen MR) is 81.9 cm³/mol. The molecule has 1 aromatic carbocycles. The van der Waals surface area contributed by atoms with Crippen LogP contribution in [0.25, 0.3) is 0 Å². The summed E-state index contributed by atoms with van der Waals surface area (Å²) in [7, 11) is -6.79. The van der Waals surface area contributed by atoms with Gasteiger partial charge in [0.15, 0.2) is 0 Å². The molecule has 0 spiro atoms. The van der Waals surface area contributed by atoms with Crippen LogP contribution in [-0.4, -0.2) is 41.3 Å². The van der Waals surface area contributed by atoms with Gasteiger partial charge in [-0.25, -0.2) is 21.6 Å². The molecule has 7 nitrogen and oxygen atoms in total. The number of benzene rings is 1. The average molecular weight is 345 g/mol. The first kappa shape index (κ1) is 18.6. The summed E-state index contributed by atoms with van der Waals surface area (Å²) in [6.07, 6.45) is 0. The fourth-order valence-corrected chi connectivity index (χ4v) is 4.67. The van der Waals surface area contributed by atoms with E-state index in [9.17, 15) is 16.8 Å². The Hall–Kier alpha value is -1.47. The predicted octanol–water partition coefficient (Wildman–Crippen LogP) is 0.765. The highest BCUT2D eigenvalue weighted by molar-refractivity contribution is 7.92. The highest BCUT2D eigenvalue weighted by atomic mass is 32.2. The lowest BCUT2D eigenvalue weighted by Crippen LogP contribution is -2.32. The third-order valence-corrected chi connectivity index (χ3v) is 6.27. The van der Waals surface area contributed by atoms with Gasteiger partial charge in [-0.15, -0.1) is 0 Å². The molecule has 0 unspecified atom stereocenters. The van der Waals surface area contributed by atoms with Crippen LogP contribution in [0.3, 0.4) is 0 Å². The summed E-state index contributed by atoms with van der Waals surface area (Å²) in [5, 5.41) is 8.63. The molecule has 0 aliphatic heterocycles. The van der Waals surface area contributed by atoms with Crippen LogP contribution in [0.4, 0.5) is 0 Å². The minimum atomic E-state index is -4.06. The lowest BCUT2D eigenvalue weighted by Gasteiger charge is -2.17. The second kappa shape index (κ2) is 7.19. The lowest BCUT2D eigenvalue weighted by molar-refractivity contribution is 0.498. The van der Waals surface area contributed by atoms with E-state index in [0.717, 1.165) is 4.31 Å². The van der Waals surface area contributed by atoms with Crippen LogP contribution in [-0.2, 0) is 20.0 Å². The van der Waals surface area contributed by atoms with E-state index in [0.29, 0.717) is 0 Å². The number of rotatable bonds is 7. The van der Waals surface area contributed by atoms with Crippen molar-refractivity contribution in [1.82, 2.24) is 9.03 Å². The smallest absolute Gasteiger partial charge is 0.211 e. The molecule has 0 heterocycles. The van der Waals surface area contributed by atoms with E-state index in [1.54, 1.807) is 6.07 Å². The van der Waals surface area contributed by atoms with E-state index < -0.39 is 20.0 Å². The van der Waals surface area contributed by atoms with Crippen LogP contribution >= 0.6 is 0 Å². The zero-order valence-electron chi connectivity index (χ0n) is 12.6. The highest BCUT2D eigenvalue weighted by Crippen LogP contribution is 2.23. The van der Waals surface area contributed by atoms with E-state index in [4.69, 9.17) is 5.26 Å². The molecule has 9 heteroatoms. The molecule has 0 aromatic heterocycles. The maximum absolute atomic E-state index is 12.4. The Morgan fingerprint density at radius 2 is 1.73 bits per heavy atom. The molecule has 0 amide bonds. The number of hydrogen-bond donors (Lipinski definition) is 1. The topological polar surface area (TPSA) is 107 Å². The summed E-state index contributed by atoms with van der Waals surface area (Å²) >= 11 is 0. The molecular formula is C13H19N3O4S2. The molecule has 122 valence electrons. The number of nitriles is 1. The lowest BCUT2D eigenvalue weighted by atomic mass is 10.2. The summed E-state index contributed by atoms with van der Waals surface area (Å²) in [6.45, 7) is 3.51. The van der Waals surface area contributed by atoms with Gasteiger partial charge in [-0.3, -0.25) is 0 Å². The molecule has 0 fully saturated rings. The number of hydrogen-bond acceptors (Lipinski definition) is 5. The van der Waals surface area contributed by atoms with E-state index >= 15 is 0 Å². The molecule has 0 atom stereocenters. The standard InChI is InChI=1S/C13H19N3O4S2/c1-11(2)10-15-21(17,18)12-6-4-5-7-13(12)22(19,20)16(3)9-8-14/h4-7,11,15H,9-10H2,1-3H3. The molecule has 1 N–H and O–H groups in total. The number of sulfonamides is 2. The van der Waals surface area contributed by atoms with E-state index in [1.165, 1.54) is 31.3 Å². The van der Waals surface area contributed by atoms with Crippen LogP contribution in [0.5, 0.6) is 0 Å². The van der Waals surface area contributed by atoms with Gasteiger partial charge in [-0.05, 0) is 18.1 Å². The zero-order chi connectivity index (χ0) is 17.0. The normalized spacial score (nSPS) is 12.5. The molecule has 1 rings (SSSR count). The fourth-order valence-electron chi connectivity index (χ4n) is 1.59. The van der Waals surface area contributed by atoms with Crippen molar-refractivity contribution >= 4 is 20.0 Å². The first-order valence-electron chi connectivity index (χ1n) is 6.55. The van der Waals surface area contributed by atoms with Gasteiger partial charge in [0.05, 0.1) is 6.07 Å². The molecule has 0 aliphatic rings. The third-order valence-electron chi connectivity index (χ3n) is 2.80. The van der Waals surface area contributed by atoms with Gasteiger partial charge in [0.25, 0.3) is 0 Å². The Morgan fingerprint density at radius 1 is 1.18 bits per heavy atom. The first-order valence-corrected chi connectivity index (χ1v) is 9.47. The van der Waals surface area contributed by atoms with Crippen LogP contribution in [0.1, 0.15) is 13.8 Å². The Morgan fingerprint density at radius 3 is 2.23 bits per heavy atom. The Kier molecular flexibility index (Phi) is 6.08. The van der Waals surface area contributed by atoms with Crippen LogP contribution in [0.2, 0.25) is 0 Å². The van der Waals surface area contributed by atoms with Crippen LogP contribution in [0.15, 0.2) is 34.1 Å². The molecule has 22 heavy (non-hydrogen) atoms. The third kappa shape index (κ3) is 4.27. The van der Waals surface area contributed by atoms with Gasteiger partial charge in [-0.2, -0.15) is 9.57 Å². The summed E-state index contributed by atoms with van der Waals surface area (Å²) in [6, 6.07) is 7.06.